The molecule has 5 nitrogen and oxygen atoms in total. The Morgan fingerprint density at radius 3 is 2.17 bits per heavy atom. The molecule has 0 unspecified atom stereocenters. The molecule has 241 valence electrons. The fourth-order valence-electron chi connectivity index (χ4n) is 10.2. The molecule has 0 heterocycles. The summed E-state index contributed by atoms with van der Waals surface area (Å²) in [6, 6.07) is 0. The van der Waals surface area contributed by atoms with Crippen LogP contribution in [0.2, 0.25) is 0 Å². The number of ether oxygens (including phenoxy) is 1. The van der Waals surface area contributed by atoms with Gasteiger partial charge in [-0.05, 0) is 91.3 Å². The van der Waals surface area contributed by atoms with Crippen molar-refractivity contribution >= 4 is 6.09 Å². The molecule has 3 saturated carbocycles. The summed E-state index contributed by atoms with van der Waals surface area (Å²) in [5.74, 6) is 5.15. The molecule has 4 aliphatic rings. The molecule has 8 atom stereocenters. The number of hydrogen-bond donors (Lipinski definition) is 0. The predicted molar refractivity (Wildman–Crippen MR) is 171 cm³/mol. The summed E-state index contributed by atoms with van der Waals surface area (Å²) in [4.78, 5) is 15.4. The molecule has 0 spiro atoms. The fourth-order valence-corrected chi connectivity index (χ4v) is 10.2. The maximum Gasteiger partial charge on any atom is 0.418 e. The van der Waals surface area contributed by atoms with Crippen LogP contribution in [0.1, 0.15) is 105 Å². The number of rotatable bonds is 10. The van der Waals surface area contributed by atoms with Gasteiger partial charge in [0, 0.05) is 25.0 Å². The average Bonchev–Trinajstić information content (AvgIpc) is 3.19. The molecule has 0 aliphatic heterocycles. The van der Waals surface area contributed by atoms with E-state index in [1.54, 1.807) is 5.57 Å². The van der Waals surface area contributed by atoms with Crippen LogP contribution in [0.15, 0.2) is 11.6 Å². The molecule has 1 amide bonds. The molecule has 0 aromatic heterocycles. The molecule has 4 rings (SSSR count). The van der Waals surface area contributed by atoms with E-state index in [1.165, 1.54) is 57.8 Å². The van der Waals surface area contributed by atoms with E-state index in [2.05, 4.69) is 83.0 Å². The molecular formula is C36H67N3O2V+2. The van der Waals surface area contributed by atoms with E-state index in [-0.39, 0.29) is 30.8 Å². The quantitative estimate of drug-likeness (QED) is 0.139. The largest absolute Gasteiger partial charge is 0.446 e. The Balaban J connectivity index is 0.00000484. The minimum absolute atomic E-state index is 0. The van der Waals surface area contributed by atoms with Crippen LogP contribution in [0.4, 0.5) is 4.79 Å². The molecular weight excluding hydrogens is 557 g/mol. The van der Waals surface area contributed by atoms with Crippen molar-refractivity contribution in [1.82, 2.24) is 4.90 Å². The Kier molecular flexibility index (Phi) is 11.5. The van der Waals surface area contributed by atoms with Crippen molar-refractivity contribution in [3.8, 4) is 0 Å². The third-order valence-corrected chi connectivity index (χ3v) is 12.0. The van der Waals surface area contributed by atoms with Crippen molar-refractivity contribution in [2.75, 3.05) is 55.6 Å². The van der Waals surface area contributed by atoms with E-state index >= 15 is 0 Å². The van der Waals surface area contributed by atoms with Gasteiger partial charge in [-0.1, -0.05) is 65.5 Å². The Morgan fingerprint density at radius 2 is 1.57 bits per heavy atom. The van der Waals surface area contributed by atoms with Crippen molar-refractivity contribution in [2.45, 2.75) is 111 Å². The van der Waals surface area contributed by atoms with Gasteiger partial charge in [0.1, 0.15) is 6.10 Å². The standard InChI is InChI=1S/C36H67N3O2.V/c1-26(2)13-12-14-27(3)31-17-18-32-30-16-15-28-23-29(19-21-35(28,4)33(30)20-22-36(31,32)5)41-34(40)37(24-38(6,7)8)25-39(9,10)11;/h15,26-27,29-33H,12-14,16-25H2,1-11H3;/q+2;/t27-,29+,30+,31-,32+,33+,35+,36-;/m1./s1. The van der Waals surface area contributed by atoms with Crippen molar-refractivity contribution in [2.24, 2.45) is 46.3 Å². The van der Waals surface area contributed by atoms with E-state index < -0.39 is 0 Å². The molecule has 42 heavy (non-hydrogen) atoms. The van der Waals surface area contributed by atoms with Crippen LogP contribution in [0.3, 0.4) is 0 Å². The number of hydrogen-bond acceptors (Lipinski definition) is 2. The second kappa shape index (κ2) is 13.5. The van der Waals surface area contributed by atoms with Crippen LogP contribution in [0.25, 0.3) is 0 Å². The second-order valence-corrected chi connectivity index (χ2v) is 17.9. The van der Waals surface area contributed by atoms with Crippen LogP contribution >= 0.6 is 0 Å². The molecule has 0 aromatic rings. The van der Waals surface area contributed by atoms with Crippen LogP contribution in [0, 0.1) is 46.3 Å². The maximum atomic E-state index is 13.4. The number of amides is 1. The first-order valence-electron chi connectivity index (χ1n) is 17.2. The topological polar surface area (TPSA) is 29.5 Å². The summed E-state index contributed by atoms with van der Waals surface area (Å²) in [6.45, 7) is 13.9. The number of nitrogens with zero attached hydrogens (tertiary/aromatic N) is 3. The molecule has 0 N–H and O–H groups in total. The predicted octanol–water partition coefficient (Wildman–Crippen LogP) is 8.16. The van der Waals surface area contributed by atoms with Crippen molar-refractivity contribution in [1.29, 1.82) is 0 Å². The number of carbonyl (C=O) groups excluding carboxylic acids is 1. The van der Waals surface area contributed by atoms with E-state index in [9.17, 15) is 4.79 Å². The average molecular weight is 625 g/mol. The minimum Gasteiger partial charge on any atom is -0.446 e. The van der Waals surface area contributed by atoms with E-state index in [1.807, 2.05) is 4.90 Å². The van der Waals surface area contributed by atoms with E-state index in [0.29, 0.717) is 33.1 Å². The van der Waals surface area contributed by atoms with Gasteiger partial charge in [0.2, 0.25) is 0 Å². The second-order valence-electron chi connectivity index (χ2n) is 17.9. The summed E-state index contributed by atoms with van der Waals surface area (Å²) >= 11 is 0. The Bertz CT molecular complexity index is 936. The molecule has 3 fully saturated rings. The first-order chi connectivity index (χ1) is 18.9. The van der Waals surface area contributed by atoms with Crippen LogP contribution in [-0.2, 0) is 23.3 Å². The molecule has 0 saturated heterocycles. The van der Waals surface area contributed by atoms with Gasteiger partial charge < -0.3 is 13.7 Å². The van der Waals surface area contributed by atoms with Gasteiger partial charge in [-0.25, -0.2) is 9.69 Å². The zero-order valence-electron chi connectivity index (χ0n) is 29.4. The molecule has 0 aromatic carbocycles. The SMILES string of the molecule is CC(C)CCC[C@@H](C)[C@H]1CC[C@H]2[C@@H]3CC=C4C[C@@H](OC(=O)N(C[N+](C)(C)C)C[N+](C)(C)C)CC[C@]4(C)[C@H]3CC[C@]12C.[V]. The fraction of sp³-hybridized carbons (Fsp3) is 0.917. The van der Waals surface area contributed by atoms with E-state index in [4.69, 9.17) is 4.74 Å². The van der Waals surface area contributed by atoms with Crippen LogP contribution in [-0.4, -0.2) is 81.7 Å². The van der Waals surface area contributed by atoms with Crippen LogP contribution in [0.5, 0.6) is 0 Å². The van der Waals surface area contributed by atoms with Crippen molar-refractivity contribution < 1.29 is 37.1 Å². The van der Waals surface area contributed by atoms with Gasteiger partial charge in [-0.15, -0.1) is 0 Å². The zero-order valence-corrected chi connectivity index (χ0v) is 30.8. The summed E-state index contributed by atoms with van der Waals surface area (Å²) < 4.78 is 7.70. The zero-order chi connectivity index (χ0) is 30.4. The summed E-state index contributed by atoms with van der Waals surface area (Å²) in [5.41, 5.74) is 2.43. The normalized spacial score (nSPS) is 35.3. The number of carbonyl (C=O) groups is 1. The third kappa shape index (κ3) is 8.02. The Hall–Kier alpha value is -0.486. The Labute approximate surface area is 272 Å². The number of fused-ring (bicyclic) bond motifs is 5. The van der Waals surface area contributed by atoms with Gasteiger partial charge in [-0.2, -0.15) is 0 Å². The van der Waals surface area contributed by atoms with Crippen molar-refractivity contribution in [3.05, 3.63) is 11.6 Å². The number of allylic oxidation sites excluding steroid dienone is 1. The van der Waals surface area contributed by atoms with E-state index in [0.717, 1.165) is 48.3 Å². The van der Waals surface area contributed by atoms with Gasteiger partial charge >= 0.3 is 6.09 Å². The van der Waals surface area contributed by atoms with Crippen LogP contribution < -0.4 is 0 Å². The first-order valence-corrected chi connectivity index (χ1v) is 17.2. The van der Waals surface area contributed by atoms with Crippen molar-refractivity contribution in [3.63, 3.8) is 0 Å². The minimum atomic E-state index is -0.137. The molecule has 4 aliphatic carbocycles. The summed E-state index contributed by atoms with van der Waals surface area (Å²) in [6.07, 6.45) is 16.8. The molecule has 0 bridgehead atoms. The first kappa shape index (κ1) is 36.0. The van der Waals surface area contributed by atoms with Gasteiger partial charge in [0.25, 0.3) is 0 Å². The monoisotopic (exact) mass is 624 g/mol. The number of quaternary nitrogens is 2. The summed E-state index contributed by atoms with van der Waals surface area (Å²) in [7, 11) is 12.8. The Morgan fingerprint density at radius 1 is 0.929 bits per heavy atom. The summed E-state index contributed by atoms with van der Waals surface area (Å²) in [5, 5.41) is 0. The third-order valence-electron chi connectivity index (χ3n) is 12.0. The maximum absolute atomic E-state index is 13.4. The van der Waals surface area contributed by atoms with Gasteiger partial charge in [0.15, 0.2) is 13.3 Å². The van der Waals surface area contributed by atoms with Gasteiger partial charge in [-0.3, -0.25) is 0 Å². The van der Waals surface area contributed by atoms with Gasteiger partial charge in [0.05, 0.1) is 42.3 Å². The molecule has 6 heteroatoms. The smallest absolute Gasteiger partial charge is 0.418 e. The molecule has 1 radical (unpaired) electrons.